The highest BCUT2D eigenvalue weighted by molar-refractivity contribution is 9.10. The number of methoxy groups -OCH3 is 6. The van der Waals surface area contributed by atoms with Crippen LogP contribution in [0.5, 0.6) is 35.3 Å². The van der Waals surface area contributed by atoms with Crippen LogP contribution in [0.25, 0.3) is 0 Å². The van der Waals surface area contributed by atoms with Crippen LogP contribution >= 0.6 is 15.9 Å². The molecule has 1 saturated heterocycles. The zero-order chi connectivity index (χ0) is 51.3. The van der Waals surface area contributed by atoms with Gasteiger partial charge in [0.25, 0.3) is 10.8 Å². The van der Waals surface area contributed by atoms with Gasteiger partial charge in [-0.3, -0.25) is 10.1 Å². The maximum atomic E-state index is 10.8. The molecule has 1 fully saturated rings. The molecule has 0 saturated carbocycles. The second kappa shape index (κ2) is 32.0. The van der Waals surface area contributed by atoms with E-state index in [9.17, 15) is 20.5 Å². The van der Waals surface area contributed by atoms with E-state index >= 15 is 0 Å². The van der Waals surface area contributed by atoms with E-state index < -0.39 is 10.0 Å². The van der Waals surface area contributed by atoms with Gasteiger partial charge in [-0.2, -0.15) is 0 Å². The minimum Gasteiger partial charge on any atom is -0.616 e. The van der Waals surface area contributed by atoms with E-state index in [0.717, 1.165) is 28.3 Å². The minimum atomic E-state index is -1.50. The summed E-state index contributed by atoms with van der Waals surface area (Å²) in [5.41, 5.74) is 6.19. The third-order valence-electron chi connectivity index (χ3n) is 8.50. The van der Waals surface area contributed by atoms with Crippen LogP contribution in [0.4, 0.5) is 11.4 Å². The van der Waals surface area contributed by atoms with Gasteiger partial charge in [0.05, 0.1) is 70.9 Å². The molecule has 3 N–H and O–H groups in total. The summed E-state index contributed by atoms with van der Waals surface area (Å²) in [6, 6.07) is 23.4. The highest BCUT2D eigenvalue weighted by Gasteiger charge is 2.51. The Labute approximate surface area is 408 Å². The molecule has 24 nitrogen and oxygen atoms in total. The molecule has 26 heteroatoms. The lowest BCUT2D eigenvalue weighted by Crippen LogP contribution is -2.41. The molecule has 1 aliphatic rings. The fraction of sp³-hybridized carbons (Fsp3) is 0.302. The summed E-state index contributed by atoms with van der Waals surface area (Å²) >= 11 is 3.28. The lowest BCUT2D eigenvalue weighted by atomic mass is 9.80. The van der Waals surface area contributed by atoms with Gasteiger partial charge in [0, 0.05) is 65.3 Å². The van der Waals surface area contributed by atoms with Gasteiger partial charge in [-0.05, 0) is 63.5 Å². The van der Waals surface area contributed by atoms with Crippen LogP contribution in [0, 0.1) is 30.6 Å². The van der Waals surface area contributed by atoms with Crippen LogP contribution in [-0.4, -0.2) is 96.1 Å². The molecule has 0 atom stereocenters. The zero-order valence-electron chi connectivity index (χ0n) is 38.8. The fourth-order valence-electron chi connectivity index (χ4n) is 4.45. The van der Waals surface area contributed by atoms with Crippen LogP contribution in [-0.2, 0) is 9.31 Å². The molecule has 0 unspecified atom stereocenters. The molecule has 0 aliphatic carbocycles. The van der Waals surface area contributed by atoms with E-state index in [-0.39, 0.29) is 37.3 Å². The van der Waals surface area contributed by atoms with E-state index in [1.807, 2.05) is 58.0 Å². The quantitative estimate of drug-likeness (QED) is 0.0593. The molecular weight excluding hydrogens is 973 g/mol. The highest BCUT2D eigenvalue weighted by atomic mass is 79.9. The summed E-state index contributed by atoms with van der Waals surface area (Å²) in [4.78, 5) is 33.7. The largest absolute Gasteiger partial charge is 0.616 e. The number of aromatic nitrogens is 6. The smallest absolute Gasteiger partial charge is 0.495 e. The summed E-state index contributed by atoms with van der Waals surface area (Å²) in [5, 5.41) is 45.3. The average molecular weight is 1030 g/mol. The van der Waals surface area contributed by atoms with Gasteiger partial charge in [0.1, 0.15) is 6.07 Å². The predicted octanol–water partition coefficient (Wildman–Crippen LogP) is 5.86. The Morgan fingerprint density at radius 1 is 0.623 bits per heavy atom. The number of halogens is 1. The normalized spacial score (nSPS) is 11.8. The second-order valence-corrected chi connectivity index (χ2v) is 14.5. The Hall–Kier alpha value is -7.84. The van der Waals surface area contributed by atoms with Crippen molar-refractivity contribution in [1.82, 2.24) is 19.9 Å². The van der Waals surface area contributed by atoms with Crippen molar-refractivity contribution in [2.75, 3.05) is 48.4 Å². The van der Waals surface area contributed by atoms with Crippen molar-refractivity contribution in [3.8, 4) is 35.3 Å². The molecule has 7 rings (SSSR count). The van der Waals surface area contributed by atoms with Crippen LogP contribution in [0.1, 0.15) is 35.1 Å². The number of nitrogens with zero attached hydrogens (tertiary/aromatic N) is 8. The number of pyridine rings is 6. The third kappa shape index (κ3) is 23.5. The van der Waals surface area contributed by atoms with Gasteiger partial charge in [-0.1, -0.05) is 29.4 Å². The van der Waals surface area contributed by atoms with E-state index in [4.69, 9.17) is 54.0 Å². The zero-order valence-corrected chi connectivity index (χ0v) is 40.4. The molecule has 1 aliphatic heterocycles. The standard InChI is InChI=1S/C12H18BNO3.C6H6BrNO.C6H6N2O4.C6H8N2O.C6H7NO2.C6H7NO.CH4.HNO3/c1-11(2)12(3,4)17-13(16-11)9-6-7-14-10(8-9)15-5;1-9-6-4-5(7)2-3-8-6;1-12-6-4-5(8(10)11)2-3-7(6)9;1-9-6-4-5(7)2-3-8-6;1-9-6-4-2-3-5-7(6)8;1-8-6-4-2-3-5-7-6;;2-1(3)4/h6-8H,1-5H3;2-4H,1H3;2-4H,1H3;2-4H,1H3,(H2,7,8);2-5H,1H3;2-5H,1H3;1H4;(H,2,3,4). The molecule has 0 spiro atoms. The first-order valence-corrected chi connectivity index (χ1v) is 20.1. The molecule has 0 radical (unpaired) electrons. The first-order chi connectivity index (χ1) is 32.2. The second-order valence-electron chi connectivity index (χ2n) is 13.6. The van der Waals surface area contributed by atoms with Crippen LogP contribution in [0.15, 0.2) is 127 Å². The predicted molar refractivity (Wildman–Crippen MR) is 257 cm³/mol. The van der Waals surface area contributed by atoms with Crippen molar-refractivity contribution in [2.45, 2.75) is 46.3 Å². The molecule has 0 aromatic carbocycles. The van der Waals surface area contributed by atoms with E-state index in [2.05, 4.69) is 40.6 Å². The summed E-state index contributed by atoms with van der Waals surface area (Å²) in [5.74, 6) is 2.63. The lowest BCUT2D eigenvalue weighted by Gasteiger charge is -2.32. The summed E-state index contributed by atoms with van der Waals surface area (Å²) < 4.78 is 42.8. The first kappa shape index (κ1) is 61.2. The van der Waals surface area contributed by atoms with Gasteiger partial charge in [0.2, 0.25) is 23.5 Å². The van der Waals surface area contributed by atoms with Crippen LogP contribution in [0.3, 0.4) is 0 Å². The van der Waals surface area contributed by atoms with Crippen molar-refractivity contribution in [1.29, 1.82) is 0 Å². The monoisotopic (exact) mass is 1030 g/mol. The first-order valence-electron chi connectivity index (χ1n) is 19.4. The Morgan fingerprint density at radius 3 is 1.51 bits per heavy atom. The number of hydrogen-bond donors (Lipinski definition) is 2. The summed E-state index contributed by atoms with van der Waals surface area (Å²) in [7, 11) is 8.71. The molecule has 6 aromatic rings. The number of nitro groups is 1. The van der Waals surface area contributed by atoms with Gasteiger partial charge < -0.3 is 59.1 Å². The number of nitrogens with two attached hydrogens (primary N) is 1. The maximum absolute atomic E-state index is 10.8. The number of ether oxygens (including phenoxy) is 6. The SMILES string of the molecule is C.COc1cc(B2OC(C)(C)C(C)(C)O2)ccn1.COc1cc(Br)ccn1.COc1cc(N)ccn1.COc1cc([N+](=O)[O-])cc[n+]1[O-].COc1cccc[n+]1[O-].COc1ccccn1.O=[N+]([O-])O. The third-order valence-corrected chi connectivity index (χ3v) is 8.99. The van der Waals surface area contributed by atoms with Crippen molar-refractivity contribution in [2.24, 2.45) is 0 Å². The lowest BCUT2D eigenvalue weighted by molar-refractivity contribution is -0.742. The van der Waals surface area contributed by atoms with E-state index in [1.165, 1.54) is 20.4 Å². The number of rotatable bonds is 8. The van der Waals surface area contributed by atoms with Crippen LogP contribution < -0.4 is 49.1 Å². The van der Waals surface area contributed by atoms with Gasteiger partial charge in [-0.25, -0.2) is 19.9 Å². The van der Waals surface area contributed by atoms with Gasteiger partial charge in [0.15, 0.2) is 12.4 Å². The molecule has 0 amide bonds. The summed E-state index contributed by atoms with van der Waals surface area (Å²) in [6.07, 6.45) is 9.09. The molecule has 7 heterocycles. The Bertz CT molecular complexity index is 2350. The Balaban J connectivity index is 0.000000805. The number of anilines is 1. The fourth-order valence-corrected chi connectivity index (χ4v) is 4.77. The van der Waals surface area contributed by atoms with Gasteiger partial charge in [-0.15, -0.1) is 19.6 Å². The van der Waals surface area contributed by atoms with E-state index in [1.54, 1.807) is 95.7 Å². The van der Waals surface area contributed by atoms with Crippen molar-refractivity contribution in [3.05, 3.63) is 157 Å². The number of hydrogen-bond acceptors (Lipinski definition) is 19. The Kier molecular flexibility index (Phi) is 28.3. The number of nitrogen functional groups attached to an aromatic ring is 1. The summed E-state index contributed by atoms with van der Waals surface area (Å²) in [6.45, 7) is 8.13. The van der Waals surface area contributed by atoms with Crippen molar-refractivity contribution >= 4 is 39.9 Å². The maximum Gasteiger partial charge on any atom is 0.495 e. The molecular formula is C43H57BBrN9O15. The topological polar surface area (TPSA) is 312 Å². The van der Waals surface area contributed by atoms with Crippen molar-refractivity contribution in [3.63, 3.8) is 0 Å². The molecule has 6 aromatic heterocycles. The highest BCUT2D eigenvalue weighted by Crippen LogP contribution is 2.36. The average Bonchev–Trinajstić information content (AvgIpc) is 3.55. The van der Waals surface area contributed by atoms with Crippen molar-refractivity contribution < 1.29 is 62.4 Å². The Morgan fingerprint density at radius 2 is 1.10 bits per heavy atom. The van der Waals surface area contributed by atoms with Gasteiger partial charge >= 0.3 is 18.9 Å². The molecule has 69 heavy (non-hydrogen) atoms. The van der Waals surface area contributed by atoms with Crippen LogP contribution in [0.2, 0.25) is 0 Å². The molecule has 0 bridgehead atoms. The minimum absolute atomic E-state index is 0. The van der Waals surface area contributed by atoms with E-state index in [0.29, 0.717) is 44.5 Å². The molecule has 374 valence electrons.